The van der Waals surface area contributed by atoms with Crippen LogP contribution in [0.4, 0.5) is 5.69 Å². The standard InChI is InChI=1S/C29H24Cl2N4O2/c1-15(36)16-4-7-19(8-5-16)35-23-12-29(2,3)13-24(37)26(23)25(21(14-32)28(35)33)20-11-17-10-18(30)6-9-22(17)34-27(20)31/h4-11,25H,12-13,33H2,1-3H3. The molecule has 2 aliphatic rings. The van der Waals surface area contributed by atoms with Gasteiger partial charge < -0.3 is 5.73 Å². The summed E-state index contributed by atoms with van der Waals surface area (Å²) < 4.78 is 0. The summed E-state index contributed by atoms with van der Waals surface area (Å²) in [6.45, 7) is 5.57. The largest absolute Gasteiger partial charge is 0.384 e. The van der Waals surface area contributed by atoms with Gasteiger partial charge in [-0.1, -0.05) is 37.0 Å². The number of allylic oxidation sites excluding steroid dienone is 3. The molecule has 6 nitrogen and oxygen atoms in total. The Kier molecular flexibility index (Phi) is 6.10. The number of fused-ring (bicyclic) bond motifs is 1. The number of nitrogens with zero attached hydrogens (tertiary/aromatic N) is 3. The monoisotopic (exact) mass is 530 g/mol. The molecule has 1 atom stereocenters. The minimum absolute atomic E-state index is 0.0566. The summed E-state index contributed by atoms with van der Waals surface area (Å²) in [7, 11) is 0. The topological polar surface area (TPSA) is 100 Å². The summed E-state index contributed by atoms with van der Waals surface area (Å²) in [4.78, 5) is 31.9. The molecule has 5 rings (SSSR count). The third-order valence-electron chi connectivity index (χ3n) is 6.98. The second-order valence-corrected chi connectivity index (χ2v) is 11.1. The zero-order valence-corrected chi connectivity index (χ0v) is 22.1. The Balaban J connectivity index is 1.78. The number of nitriles is 1. The van der Waals surface area contributed by atoms with Crippen molar-refractivity contribution in [1.82, 2.24) is 4.98 Å². The summed E-state index contributed by atoms with van der Waals surface area (Å²) in [6.07, 6.45) is 0.880. The smallest absolute Gasteiger partial charge is 0.162 e. The van der Waals surface area contributed by atoms with E-state index in [9.17, 15) is 14.9 Å². The Morgan fingerprint density at radius 1 is 1.14 bits per heavy atom. The van der Waals surface area contributed by atoms with Crippen LogP contribution in [0.25, 0.3) is 10.9 Å². The van der Waals surface area contributed by atoms with Crippen molar-refractivity contribution in [2.75, 3.05) is 4.90 Å². The molecule has 1 aliphatic carbocycles. The number of aromatic nitrogens is 1. The molecule has 2 N–H and O–H groups in total. The maximum absolute atomic E-state index is 13.8. The zero-order valence-electron chi connectivity index (χ0n) is 20.6. The predicted molar refractivity (Wildman–Crippen MR) is 145 cm³/mol. The molecule has 0 spiro atoms. The molecule has 37 heavy (non-hydrogen) atoms. The highest BCUT2D eigenvalue weighted by atomic mass is 35.5. The quantitative estimate of drug-likeness (QED) is 0.299. The Morgan fingerprint density at radius 2 is 1.84 bits per heavy atom. The Hall–Kier alpha value is -3.66. The van der Waals surface area contributed by atoms with Gasteiger partial charge >= 0.3 is 0 Å². The number of Topliss-reactive ketones (excluding diaryl/α,β-unsaturated/α-hetero) is 2. The predicted octanol–water partition coefficient (Wildman–Crippen LogP) is 6.69. The van der Waals surface area contributed by atoms with Gasteiger partial charge in [0, 0.05) is 44.9 Å². The van der Waals surface area contributed by atoms with Gasteiger partial charge in [-0.25, -0.2) is 4.98 Å². The van der Waals surface area contributed by atoms with E-state index in [1.807, 2.05) is 19.9 Å². The van der Waals surface area contributed by atoms with Gasteiger partial charge in [0.15, 0.2) is 11.6 Å². The summed E-state index contributed by atoms with van der Waals surface area (Å²) in [5.41, 5.74) is 10.2. The molecule has 8 heteroatoms. The van der Waals surface area contributed by atoms with E-state index in [0.29, 0.717) is 45.8 Å². The molecule has 2 heterocycles. The molecule has 186 valence electrons. The lowest BCUT2D eigenvalue weighted by atomic mass is 9.68. The van der Waals surface area contributed by atoms with Gasteiger partial charge in [0.05, 0.1) is 23.1 Å². The van der Waals surface area contributed by atoms with Crippen LogP contribution < -0.4 is 10.6 Å². The number of halogens is 2. The van der Waals surface area contributed by atoms with E-state index < -0.39 is 5.92 Å². The maximum Gasteiger partial charge on any atom is 0.162 e. The van der Waals surface area contributed by atoms with E-state index in [1.54, 1.807) is 47.4 Å². The highest BCUT2D eigenvalue weighted by Gasteiger charge is 2.45. The molecule has 1 aliphatic heterocycles. The van der Waals surface area contributed by atoms with Crippen molar-refractivity contribution in [2.24, 2.45) is 11.1 Å². The van der Waals surface area contributed by atoms with Gasteiger partial charge in [-0.3, -0.25) is 14.5 Å². The van der Waals surface area contributed by atoms with Crippen LogP contribution >= 0.6 is 23.2 Å². The molecule has 2 aromatic carbocycles. The van der Waals surface area contributed by atoms with Crippen molar-refractivity contribution in [1.29, 1.82) is 5.26 Å². The summed E-state index contributed by atoms with van der Waals surface area (Å²) >= 11 is 12.9. The molecule has 3 aromatic rings. The Labute approximate surface area is 225 Å². The lowest BCUT2D eigenvalue weighted by Crippen LogP contribution is -2.42. The second kappa shape index (κ2) is 9.02. The van der Waals surface area contributed by atoms with Gasteiger partial charge in [-0.05, 0) is 67.3 Å². The number of anilines is 1. The van der Waals surface area contributed by atoms with Crippen LogP contribution in [0, 0.1) is 16.7 Å². The molecule has 0 fully saturated rings. The summed E-state index contributed by atoms with van der Waals surface area (Å²) in [6, 6.07) is 16.4. The van der Waals surface area contributed by atoms with E-state index in [4.69, 9.17) is 28.9 Å². The minimum Gasteiger partial charge on any atom is -0.384 e. The van der Waals surface area contributed by atoms with Crippen LogP contribution in [0.15, 0.2) is 71.2 Å². The van der Waals surface area contributed by atoms with Crippen LogP contribution in [0.2, 0.25) is 10.2 Å². The van der Waals surface area contributed by atoms with Gasteiger partial charge in [-0.15, -0.1) is 0 Å². The summed E-state index contributed by atoms with van der Waals surface area (Å²) in [5.74, 6) is -0.669. The van der Waals surface area contributed by atoms with Gasteiger partial charge in [0.2, 0.25) is 0 Å². The first-order valence-corrected chi connectivity index (χ1v) is 12.6. The summed E-state index contributed by atoms with van der Waals surface area (Å²) in [5, 5.41) is 11.8. The fourth-order valence-corrected chi connectivity index (χ4v) is 5.74. The third kappa shape index (κ3) is 4.29. The first kappa shape index (κ1) is 25.0. The molecule has 0 radical (unpaired) electrons. The van der Waals surface area contributed by atoms with Gasteiger partial charge in [-0.2, -0.15) is 5.26 Å². The van der Waals surface area contributed by atoms with Crippen molar-refractivity contribution in [3.05, 3.63) is 92.5 Å². The van der Waals surface area contributed by atoms with Crippen molar-refractivity contribution in [3.8, 4) is 6.07 Å². The molecular weight excluding hydrogens is 507 g/mol. The number of ketones is 2. The number of carbonyl (C=O) groups is 2. The SMILES string of the molecule is CC(=O)c1ccc(N2C(N)=C(C#N)C(c3cc4cc(Cl)ccc4nc3Cl)C3=C2CC(C)(C)CC3=O)cc1. The maximum atomic E-state index is 13.8. The molecule has 0 saturated heterocycles. The van der Waals surface area contributed by atoms with Crippen molar-refractivity contribution < 1.29 is 9.59 Å². The number of hydrogen-bond acceptors (Lipinski definition) is 6. The van der Waals surface area contributed by atoms with Crippen molar-refractivity contribution in [3.63, 3.8) is 0 Å². The van der Waals surface area contributed by atoms with Crippen molar-refractivity contribution in [2.45, 2.75) is 39.5 Å². The number of carbonyl (C=O) groups excluding carboxylic acids is 2. The fraction of sp³-hybridized carbons (Fsp3) is 0.241. The Morgan fingerprint density at radius 3 is 2.49 bits per heavy atom. The molecule has 1 unspecified atom stereocenters. The van der Waals surface area contributed by atoms with E-state index >= 15 is 0 Å². The number of pyridine rings is 1. The van der Waals surface area contributed by atoms with Crippen LogP contribution in [-0.2, 0) is 4.79 Å². The first-order chi connectivity index (χ1) is 17.5. The average molecular weight is 531 g/mol. The molecule has 0 bridgehead atoms. The normalized spacial score (nSPS) is 19.2. The van der Waals surface area contributed by atoms with E-state index in [-0.39, 0.29) is 33.5 Å². The third-order valence-corrected chi connectivity index (χ3v) is 7.52. The fourth-order valence-electron chi connectivity index (χ4n) is 5.30. The van der Waals surface area contributed by atoms with Gasteiger partial charge in [0.25, 0.3) is 0 Å². The molecule has 0 saturated carbocycles. The second-order valence-electron chi connectivity index (χ2n) is 10.3. The van der Waals surface area contributed by atoms with Crippen molar-refractivity contribution >= 4 is 51.4 Å². The molecule has 1 aromatic heterocycles. The number of hydrogen-bond donors (Lipinski definition) is 1. The van der Waals surface area contributed by atoms with E-state index in [0.717, 1.165) is 11.1 Å². The highest BCUT2D eigenvalue weighted by Crippen LogP contribution is 2.51. The lowest BCUT2D eigenvalue weighted by molar-refractivity contribution is -0.118. The number of benzene rings is 2. The molecule has 0 amide bonds. The van der Waals surface area contributed by atoms with E-state index in [2.05, 4.69) is 11.1 Å². The zero-order chi connectivity index (χ0) is 26.6. The van der Waals surface area contributed by atoms with Crippen LogP contribution in [0.1, 0.15) is 55.5 Å². The minimum atomic E-state index is -0.764. The number of nitrogens with two attached hydrogens (primary N) is 1. The number of rotatable bonds is 3. The lowest BCUT2D eigenvalue weighted by Gasteiger charge is -2.43. The van der Waals surface area contributed by atoms with Crippen LogP contribution in [-0.4, -0.2) is 16.6 Å². The first-order valence-electron chi connectivity index (χ1n) is 11.8. The average Bonchev–Trinajstić information content (AvgIpc) is 2.82. The van der Waals surface area contributed by atoms with Crippen LogP contribution in [0.3, 0.4) is 0 Å². The van der Waals surface area contributed by atoms with Crippen LogP contribution in [0.5, 0.6) is 0 Å². The Bertz CT molecular complexity index is 1600. The molecular formula is C29H24Cl2N4O2. The highest BCUT2D eigenvalue weighted by molar-refractivity contribution is 6.32. The van der Waals surface area contributed by atoms with Gasteiger partial charge in [0.1, 0.15) is 11.0 Å². The van der Waals surface area contributed by atoms with E-state index in [1.165, 1.54) is 6.92 Å².